The van der Waals surface area contributed by atoms with Crippen molar-refractivity contribution in [2.45, 2.75) is 45.1 Å². The van der Waals surface area contributed by atoms with Crippen LogP contribution in [0, 0.1) is 5.92 Å². The highest BCUT2D eigenvalue weighted by Crippen LogP contribution is 2.29. The third-order valence-electron chi connectivity index (χ3n) is 6.99. The number of nitrogens with one attached hydrogen (secondary N) is 1. The quantitative estimate of drug-likeness (QED) is 0.567. The molecule has 1 aromatic heterocycles. The zero-order valence-corrected chi connectivity index (χ0v) is 20.4. The van der Waals surface area contributed by atoms with Gasteiger partial charge in [-0.15, -0.1) is 0 Å². The van der Waals surface area contributed by atoms with E-state index in [1.807, 2.05) is 66.1 Å². The van der Waals surface area contributed by atoms with Crippen molar-refractivity contribution < 1.29 is 14.3 Å². The van der Waals surface area contributed by atoms with Gasteiger partial charge in [0.2, 0.25) is 5.91 Å². The van der Waals surface area contributed by atoms with E-state index < -0.39 is 0 Å². The average Bonchev–Trinajstić information content (AvgIpc) is 3.32. The number of likely N-dealkylation sites (tertiary alicyclic amines) is 1. The van der Waals surface area contributed by atoms with Crippen LogP contribution in [0.2, 0.25) is 5.02 Å². The highest BCUT2D eigenvalue weighted by atomic mass is 35.5. The van der Waals surface area contributed by atoms with Crippen molar-refractivity contribution in [3.8, 4) is 0 Å². The van der Waals surface area contributed by atoms with E-state index in [0.717, 1.165) is 16.8 Å². The van der Waals surface area contributed by atoms with Crippen molar-refractivity contribution >= 4 is 23.4 Å². The van der Waals surface area contributed by atoms with E-state index >= 15 is 0 Å². The van der Waals surface area contributed by atoms with Gasteiger partial charge in [0.15, 0.2) is 5.69 Å². The van der Waals surface area contributed by atoms with Crippen LogP contribution in [0.15, 0.2) is 60.9 Å². The smallest absolute Gasteiger partial charge is 0.274 e. The minimum absolute atomic E-state index is 0.0443. The molecule has 1 fully saturated rings. The Bertz CT molecular complexity index is 1190. The zero-order chi connectivity index (χ0) is 24.4. The number of ether oxygens (including phenoxy) is 1. The molecule has 2 unspecified atom stereocenters. The van der Waals surface area contributed by atoms with E-state index in [2.05, 4.69) is 10.3 Å². The molecule has 35 heavy (non-hydrogen) atoms. The Kier molecular flexibility index (Phi) is 6.88. The van der Waals surface area contributed by atoms with Gasteiger partial charge in [0.25, 0.3) is 5.91 Å². The third-order valence-corrected chi connectivity index (χ3v) is 7.24. The Balaban J connectivity index is 1.17. The van der Waals surface area contributed by atoms with Crippen LogP contribution in [-0.2, 0) is 22.7 Å². The lowest BCUT2D eigenvalue weighted by Gasteiger charge is -2.32. The minimum Gasteiger partial charge on any atom is -0.365 e. The zero-order valence-electron chi connectivity index (χ0n) is 19.7. The van der Waals surface area contributed by atoms with Crippen molar-refractivity contribution in [1.29, 1.82) is 0 Å². The minimum atomic E-state index is -0.107. The fourth-order valence-electron chi connectivity index (χ4n) is 4.84. The van der Waals surface area contributed by atoms with E-state index in [1.165, 1.54) is 0 Å². The molecule has 0 radical (unpaired) electrons. The van der Waals surface area contributed by atoms with E-state index in [4.69, 9.17) is 16.3 Å². The van der Waals surface area contributed by atoms with Crippen molar-refractivity contribution in [2.24, 2.45) is 5.92 Å². The highest BCUT2D eigenvalue weighted by molar-refractivity contribution is 6.30. The van der Waals surface area contributed by atoms with Crippen molar-refractivity contribution in [3.05, 3.63) is 88.5 Å². The molecule has 1 N–H and O–H groups in total. The van der Waals surface area contributed by atoms with Crippen LogP contribution in [-0.4, -0.2) is 39.4 Å². The van der Waals surface area contributed by atoms with Crippen LogP contribution < -0.4 is 5.32 Å². The van der Waals surface area contributed by atoms with Gasteiger partial charge in [-0.25, -0.2) is 4.98 Å². The summed E-state index contributed by atoms with van der Waals surface area (Å²) in [6.45, 7) is 3.99. The summed E-state index contributed by atoms with van der Waals surface area (Å²) in [7, 11) is 0. The molecule has 0 spiro atoms. The van der Waals surface area contributed by atoms with E-state index in [-0.39, 0.29) is 29.9 Å². The fourth-order valence-corrected chi connectivity index (χ4v) is 4.96. The van der Waals surface area contributed by atoms with Gasteiger partial charge in [0.1, 0.15) is 6.10 Å². The van der Waals surface area contributed by atoms with Crippen LogP contribution in [0.1, 0.15) is 59.2 Å². The molecule has 2 aromatic carbocycles. The number of fused-ring (bicyclic) bond motifs is 1. The maximum Gasteiger partial charge on any atom is 0.274 e. The van der Waals surface area contributed by atoms with Gasteiger partial charge in [-0.1, -0.05) is 54.1 Å². The van der Waals surface area contributed by atoms with Gasteiger partial charge < -0.3 is 19.5 Å². The van der Waals surface area contributed by atoms with E-state index in [9.17, 15) is 9.59 Å². The molecule has 2 aliphatic rings. The molecule has 7 nitrogen and oxygen atoms in total. The van der Waals surface area contributed by atoms with Crippen LogP contribution in [0.5, 0.6) is 0 Å². The SMILES string of the molecule is CC(NC(=O)C1CCN(C(=O)c2ncn3c2COC(c2ccc(Cl)cc2)C3)CC1)c1ccccc1. The molecule has 2 amide bonds. The standard InChI is InChI=1S/C27H29ClN4O3/c1-18(19-5-3-2-4-6-19)30-26(33)21-11-13-31(14-12-21)27(34)25-23-16-35-24(15-32(23)17-29-25)20-7-9-22(28)10-8-20/h2-10,17-18,21,24H,11-16H2,1H3,(H,30,33). The number of halogens is 1. The number of nitrogens with zero attached hydrogens (tertiary/aromatic N) is 3. The van der Waals surface area contributed by atoms with Gasteiger partial charge in [0, 0.05) is 24.0 Å². The molecule has 3 heterocycles. The second kappa shape index (κ2) is 10.2. The first-order valence-electron chi connectivity index (χ1n) is 12.0. The second-order valence-electron chi connectivity index (χ2n) is 9.25. The Morgan fingerprint density at radius 2 is 1.80 bits per heavy atom. The van der Waals surface area contributed by atoms with E-state index in [1.54, 1.807) is 11.2 Å². The summed E-state index contributed by atoms with van der Waals surface area (Å²) in [5, 5.41) is 3.80. The Labute approximate surface area is 210 Å². The van der Waals surface area contributed by atoms with Gasteiger partial charge in [0.05, 0.1) is 31.2 Å². The number of imidazole rings is 1. The summed E-state index contributed by atoms with van der Waals surface area (Å²) in [6.07, 6.45) is 2.90. The number of amides is 2. The van der Waals surface area contributed by atoms with Crippen molar-refractivity contribution in [1.82, 2.24) is 19.8 Å². The molecule has 8 heteroatoms. The monoisotopic (exact) mass is 492 g/mol. The second-order valence-corrected chi connectivity index (χ2v) is 9.69. The molecule has 3 aromatic rings. The van der Waals surface area contributed by atoms with E-state index in [0.29, 0.717) is 49.8 Å². The first-order chi connectivity index (χ1) is 17.0. The Morgan fingerprint density at radius 3 is 2.51 bits per heavy atom. The molecule has 0 saturated carbocycles. The number of carbonyl (C=O) groups is 2. The summed E-state index contributed by atoms with van der Waals surface area (Å²) in [5.41, 5.74) is 3.37. The highest BCUT2D eigenvalue weighted by Gasteiger charge is 2.32. The molecule has 0 bridgehead atoms. The lowest BCUT2D eigenvalue weighted by molar-refractivity contribution is -0.127. The number of benzene rings is 2. The van der Waals surface area contributed by atoms with Crippen LogP contribution in [0.4, 0.5) is 0 Å². The molecule has 5 rings (SSSR count). The number of hydrogen-bond acceptors (Lipinski definition) is 4. The molecule has 2 aliphatic heterocycles. The van der Waals surface area contributed by atoms with Gasteiger partial charge in [-0.05, 0) is 43.0 Å². The maximum absolute atomic E-state index is 13.2. The van der Waals surface area contributed by atoms with Crippen LogP contribution in [0.25, 0.3) is 0 Å². The topological polar surface area (TPSA) is 76.5 Å². The maximum atomic E-state index is 13.2. The molecule has 1 saturated heterocycles. The van der Waals surface area contributed by atoms with Gasteiger partial charge >= 0.3 is 0 Å². The Hall–Kier alpha value is -3.16. The molecular formula is C27H29ClN4O3. The Morgan fingerprint density at radius 1 is 1.09 bits per heavy atom. The third kappa shape index (κ3) is 5.11. The summed E-state index contributed by atoms with van der Waals surface area (Å²) < 4.78 is 8.06. The summed E-state index contributed by atoms with van der Waals surface area (Å²) >= 11 is 6.00. The molecular weight excluding hydrogens is 464 g/mol. The largest absolute Gasteiger partial charge is 0.365 e. The number of hydrogen-bond donors (Lipinski definition) is 1. The van der Waals surface area contributed by atoms with Gasteiger partial charge in [-0.3, -0.25) is 9.59 Å². The van der Waals surface area contributed by atoms with Gasteiger partial charge in [-0.2, -0.15) is 0 Å². The summed E-state index contributed by atoms with van der Waals surface area (Å²) in [4.78, 5) is 32.3. The van der Waals surface area contributed by atoms with Crippen LogP contribution in [0.3, 0.4) is 0 Å². The first kappa shape index (κ1) is 23.6. The molecule has 182 valence electrons. The predicted molar refractivity (Wildman–Crippen MR) is 133 cm³/mol. The van der Waals surface area contributed by atoms with Crippen molar-refractivity contribution in [3.63, 3.8) is 0 Å². The first-order valence-corrected chi connectivity index (χ1v) is 12.4. The summed E-state index contributed by atoms with van der Waals surface area (Å²) in [5.74, 6) is -0.136. The lowest BCUT2D eigenvalue weighted by Crippen LogP contribution is -2.43. The predicted octanol–water partition coefficient (Wildman–Crippen LogP) is 4.54. The number of piperidine rings is 1. The number of carbonyl (C=O) groups excluding carboxylic acids is 2. The molecule has 2 atom stereocenters. The lowest BCUT2D eigenvalue weighted by atomic mass is 9.95. The average molecular weight is 493 g/mol. The number of aromatic nitrogens is 2. The molecule has 0 aliphatic carbocycles. The number of rotatable bonds is 5. The van der Waals surface area contributed by atoms with Crippen molar-refractivity contribution in [2.75, 3.05) is 13.1 Å². The summed E-state index contributed by atoms with van der Waals surface area (Å²) in [6, 6.07) is 17.5. The van der Waals surface area contributed by atoms with Crippen LogP contribution >= 0.6 is 11.6 Å². The normalized spacial score (nSPS) is 19.1. The fraction of sp³-hybridized carbons (Fsp3) is 0.370.